The van der Waals surface area contributed by atoms with Crippen molar-refractivity contribution in [2.24, 2.45) is 0 Å². The number of thioether (sulfide) groups is 1. The molecule has 1 amide bonds. The first kappa shape index (κ1) is 22.8. The van der Waals surface area contributed by atoms with E-state index in [9.17, 15) is 4.79 Å². The van der Waals surface area contributed by atoms with Crippen molar-refractivity contribution in [2.75, 3.05) is 5.75 Å². The monoisotopic (exact) mass is 456 g/mol. The molecular formula is C27H28N4OS. The number of benzene rings is 3. The molecule has 1 aromatic heterocycles. The van der Waals surface area contributed by atoms with Crippen LogP contribution in [-0.2, 0) is 11.3 Å². The molecule has 4 aromatic rings. The average Bonchev–Trinajstić information content (AvgIpc) is 3.29. The van der Waals surface area contributed by atoms with Crippen LogP contribution in [0.25, 0.3) is 11.4 Å². The van der Waals surface area contributed by atoms with Crippen molar-refractivity contribution in [3.05, 3.63) is 102 Å². The Morgan fingerprint density at radius 1 is 0.879 bits per heavy atom. The lowest BCUT2D eigenvalue weighted by molar-refractivity contribution is -0.121. The second kappa shape index (κ2) is 11.5. The number of nitrogens with one attached hydrogen (secondary N) is 1. The Kier molecular flexibility index (Phi) is 7.93. The number of hydrogen-bond donors (Lipinski definition) is 1. The van der Waals surface area contributed by atoms with E-state index in [4.69, 9.17) is 0 Å². The highest BCUT2D eigenvalue weighted by Gasteiger charge is 2.17. The van der Waals surface area contributed by atoms with Gasteiger partial charge in [-0.25, -0.2) is 0 Å². The van der Waals surface area contributed by atoms with Crippen molar-refractivity contribution in [1.29, 1.82) is 0 Å². The lowest BCUT2D eigenvalue weighted by atomic mass is 9.98. The molecule has 1 heterocycles. The fourth-order valence-electron chi connectivity index (χ4n) is 3.76. The molecule has 33 heavy (non-hydrogen) atoms. The molecule has 3 aromatic carbocycles. The lowest BCUT2D eigenvalue weighted by Gasteiger charge is -2.20. The van der Waals surface area contributed by atoms with Gasteiger partial charge in [-0.3, -0.25) is 4.79 Å². The summed E-state index contributed by atoms with van der Waals surface area (Å²) in [6, 6.07) is 30.1. The Bertz CT molecular complexity index is 1110. The molecule has 0 aliphatic carbocycles. The van der Waals surface area contributed by atoms with Crippen LogP contribution >= 0.6 is 11.8 Å². The van der Waals surface area contributed by atoms with Gasteiger partial charge < -0.3 is 9.88 Å². The zero-order valence-electron chi connectivity index (χ0n) is 18.7. The Hall–Kier alpha value is -3.38. The van der Waals surface area contributed by atoms with Crippen LogP contribution in [0.2, 0.25) is 0 Å². The maximum Gasteiger partial charge on any atom is 0.220 e. The van der Waals surface area contributed by atoms with Gasteiger partial charge >= 0.3 is 0 Å². The first-order chi connectivity index (χ1) is 16.3. The second-order valence-corrected chi connectivity index (χ2v) is 8.75. The van der Waals surface area contributed by atoms with Gasteiger partial charge in [0.1, 0.15) is 0 Å². The molecule has 0 saturated carbocycles. The third-order valence-corrected chi connectivity index (χ3v) is 6.47. The van der Waals surface area contributed by atoms with Crippen molar-refractivity contribution in [2.45, 2.75) is 37.5 Å². The number of nitrogens with zero attached hydrogens (tertiary/aromatic N) is 3. The van der Waals surface area contributed by atoms with E-state index in [1.807, 2.05) is 66.7 Å². The average molecular weight is 457 g/mol. The van der Waals surface area contributed by atoms with Crippen molar-refractivity contribution in [3.8, 4) is 11.4 Å². The molecule has 0 spiro atoms. The summed E-state index contributed by atoms with van der Waals surface area (Å²) in [4.78, 5) is 12.8. The smallest absolute Gasteiger partial charge is 0.220 e. The van der Waals surface area contributed by atoms with Crippen molar-refractivity contribution < 1.29 is 4.79 Å². The summed E-state index contributed by atoms with van der Waals surface area (Å²) in [5, 5.41) is 12.9. The molecule has 0 atom stereocenters. The van der Waals surface area contributed by atoms with Crippen LogP contribution in [0.4, 0.5) is 0 Å². The number of aromatic nitrogens is 3. The van der Waals surface area contributed by atoms with E-state index in [1.54, 1.807) is 11.8 Å². The van der Waals surface area contributed by atoms with E-state index in [0.717, 1.165) is 46.4 Å². The molecule has 0 unspecified atom stereocenters. The number of amides is 1. The van der Waals surface area contributed by atoms with Crippen molar-refractivity contribution in [1.82, 2.24) is 20.1 Å². The van der Waals surface area contributed by atoms with Gasteiger partial charge in [-0.05, 0) is 24.5 Å². The molecule has 0 aliphatic heterocycles. The van der Waals surface area contributed by atoms with Crippen LogP contribution in [0.3, 0.4) is 0 Å². The number of hydrogen-bond acceptors (Lipinski definition) is 4. The minimum absolute atomic E-state index is 0.0511. The van der Waals surface area contributed by atoms with Gasteiger partial charge in [0.2, 0.25) is 5.91 Å². The minimum atomic E-state index is -0.149. The molecule has 6 heteroatoms. The fourth-order valence-corrected chi connectivity index (χ4v) is 4.70. The summed E-state index contributed by atoms with van der Waals surface area (Å²) < 4.78 is 2.13. The van der Waals surface area contributed by atoms with Gasteiger partial charge in [0.25, 0.3) is 0 Å². The van der Waals surface area contributed by atoms with E-state index in [2.05, 4.69) is 51.3 Å². The predicted octanol–water partition coefficient (Wildman–Crippen LogP) is 5.74. The summed E-state index contributed by atoms with van der Waals surface area (Å²) in [5.41, 5.74) is 3.22. The van der Waals surface area contributed by atoms with E-state index >= 15 is 0 Å². The second-order valence-electron chi connectivity index (χ2n) is 7.69. The SMILES string of the molecule is CCn1c(SCCCC(=O)NC(c2ccccc2)c2ccccc2)nnc1-c1ccccc1. The number of rotatable bonds is 10. The summed E-state index contributed by atoms with van der Waals surface area (Å²) in [6.45, 7) is 2.90. The summed E-state index contributed by atoms with van der Waals surface area (Å²) in [5.74, 6) is 1.74. The third kappa shape index (κ3) is 5.90. The Morgan fingerprint density at radius 3 is 2.03 bits per heavy atom. The molecule has 0 radical (unpaired) electrons. The molecule has 0 fully saturated rings. The van der Waals surface area contributed by atoms with Crippen molar-refractivity contribution in [3.63, 3.8) is 0 Å². The van der Waals surface area contributed by atoms with Gasteiger partial charge in [0.15, 0.2) is 11.0 Å². The summed E-state index contributed by atoms with van der Waals surface area (Å²) in [6.07, 6.45) is 1.24. The minimum Gasteiger partial charge on any atom is -0.345 e. The van der Waals surface area contributed by atoms with Crippen molar-refractivity contribution >= 4 is 17.7 Å². The maximum absolute atomic E-state index is 12.8. The normalized spacial score (nSPS) is 11.0. The van der Waals surface area contributed by atoms with Crippen LogP contribution in [0.5, 0.6) is 0 Å². The standard InChI is InChI=1S/C27H28N4OS/c1-2-31-26(23-17-10-5-11-18-23)29-30-27(31)33-20-12-19-24(32)28-25(21-13-6-3-7-14-21)22-15-8-4-9-16-22/h3-11,13-18,25H,2,12,19-20H2,1H3,(H,28,32). The fraction of sp³-hybridized carbons (Fsp3) is 0.222. The Balaban J connectivity index is 1.33. The third-order valence-electron chi connectivity index (χ3n) is 5.42. The first-order valence-corrected chi connectivity index (χ1v) is 12.3. The Labute approximate surface area is 199 Å². The lowest BCUT2D eigenvalue weighted by Crippen LogP contribution is -2.29. The first-order valence-electron chi connectivity index (χ1n) is 11.3. The van der Waals surface area contributed by atoms with Gasteiger partial charge in [0.05, 0.1) is 6.04 Å². The number of carbonyl (C=O) groups excluding carboxylic acids is 1. The molecule has 168 valence electrons. The van der Waals surface area contributed by atoms with Gasteiger partial charge in [-0.1, -0.05) is 103 Å². The van der Waals surface area contributed by atoms with Gasteiger partial charge in [0, 0.05) is 24.3 Å². The van der Waals surface area contributed by atoms with E-state index < -0.39 is 0 Å². The van der Waals surface area contributed by atoms with Gasteiger partial charge in [-0.2, -0.15) is 0 Å². The van der Waals surface area contributed by atoms with Crippen LogP contribution in [0.1, 0.15) is 36.9 Å². The van der Waals surface area contributed by atoms with E-state index in [0.29, 0.717) is 6.42 Å². The largest absolute Gasteiger partial charge is 0.345 e. The zero-order valence-corrected chi connectivity index (χ0v) is 19.5. The van der Waals surface area contributed by atoms with Crippen LogP contribution in [0.15, 0.2) is 96.2 Å². The van der Waals surface area contributed by atoms with E-state index in [1.165, 1.54) is 0 Å². The zero-order chi connectivity index (χ0) is 22.9. The highest BCUT2D eigenvalue weighted by Crippen LogP contribution is 2.25. The topological polar surface area (TPSA) is 59.8 Å². The van der Waals surface area contributed by atoms with Crippen LogP contribution in [0, 0.1) is 0 Å². The molecule has 1 N–H and O–H groups in total. The summed E-state index contributed by atoms with van der Waals surface area (Å²) in [7, 11) is 0. The van der Waals surface area contributed by atoms with Gasteiger partial charge in [-0.15, -0.1) is 10.2 Å². The predicted molar refractivity (Wildman–Crippen MR) is 134 cm³/mol. The van der Waals surface area contributed by atoms with E-state index in [-0.39, 0.29) is 11.9 Å². The number of carbonyl (C=O) groups is 1. The molecule has 5 nitrogen and oxygen atoms in total. The molecular weight excluding hydrogens is 428 g/mol. The maximum atomic E-state index is 12.8. The summed E-state index contributed by atoms with van der Waals surface area (Å²) >= 11 is 1.65. The Morgan fingerprint density at radius 2 is 1.45 bits per heavy atom. The quantitative estimate of drug-likeness (QED) is 0.244. The highest BCUT2D eigenvalue weighted by atomic mass is 32.2. The molecule has 0 aliphatic rings. The van der Waals surface area contributed by atoms with Crippen LogP contribution in [-0.4, -0.2) is 26.4 Å². The van der Waals surface area contributed by atoms with Crippen LogP contribution < -0.4 is 5.32 Å². The highest BCUT2D eigenvalue weighted by molar-refractivity contribution is 7.99. The molecule has 0 bridgehead atoms. The molecule has 4 rings (SSSR count). The molecule has 0 saturated heterocycles.